The van der Waals surface area contributed by atoms with Gasteiger partial charge < -0.3 is 9.88 Å². The molecule has 3 aromatic rings. The Labute approximate surface area is 145 Å². The van der Waals surface area contributed by atoms with E-state index in [0.717, 1.165) is 41.1 Å². The zero-order valence-corrected chi connectivity index (χ0v) is 14.2. The SMILES string of the molecule is Cc1cc(Cl)ccc1NC(=O)C1CCn2c(nc3ccccc32)C1. The number of carbonyl (C=O) groups is 1. The van der Waals surface area contributed by atoms with E-state index in [1.165, 1.54) is 0 Å². The van der Waals surface area contributed by atoms with Crippen LogP contribution in [0.2, 0.25) is 5.02 Å². The molecular weight excluding hydrogens is 322 g/mol. The molecule has 1 aromatic heterocycles. The maximum atomic E-state index is 12.6. The van der Waals surface area contributed by atoms with E-state index in [4.69, 9.17) is 11.6 Å². The van der Waals surface area contributed by atoms with Gasteiger partial charge in [-0.3, -0.25) is 4.79 Å². The van der Waals surface area contributed by atoms with E-state index in [9.17, 15) is 4.79 Å². The van der Waals surface area contributed by atoms with Crippen LogP contribution in [0.5, 0.6) is 0 Å². The number of aryl methyl sites for hydroxylation is 2. The van der Waals surface area contributed by atoms with Crippen LogP contribution in [-0.2, 0) is 17.8 Å². The molecule has 0 fully saturated rings. The summed E-state index contributed by atoms with van der Waals surface area (Å²) in [5, 5.41) is 3.71. The molecule has 0 spiro atoms. The number of anilines is 1. The third-order valence-electron chi connectivity index (χ3n) is 4.68. The van der Waals surface area contributed by atoms with Crippen LogP contribution in [0.25, 0.3) is 11.0 Å². The van der Waals surface area contributed by atoms with Crippen LogP contribution in [0.3, 0.4) is 0 Å². The molecule has 0 bridgehead atoms. The maximum absolute atomic E-state index is 12.6. The summed E-state index contributed by atoms with van der Waals surface area (Å²) >= 11 is 5.97. The van der Waals surface area contributed by atoms with Crippen molar-refractivity contribution < 1.29 is 4.79 Å². The second-order valence-corrected chi connectivity index (χ2v) is 6.74. The topological polar surface area (TPSA) is 46.9 Å². The summed E-state index contributed by atoms with van der Waals surface area (Å²) in [4.78, 5) is 17.3. The first kappa shape index (κ1) is 15.2. The van der Waals surface area contributed by atoms with Crippen molar-refractivity contribution in [3.05, 3.63) is 58.9 Å². The van der Waals surface area contributed by atoms with Gasteiger partial charge in [-0.1, -0.05) is 23.7 Å². The molecule has 5 heteroatoms. The molecule has 122 valence electrons. The predicted molar refractivity (Wildman–Crippen MR) is 96.4 cm³/mol. The monoisotopic (exact) mass is 339 g/mol. The van der Waals surface area contributed by atoms with Gasteiger partial charge in [0, 0.05) is 29.6 Å². The van der Waals surface area contributed by atoms with Crippen molar-refractivity contribution in [2.24, 2.45) is 5.92 Å². The van der Waals surface area contributed by atoms with E-state index in [-0.39, 0.29) is 11.8 Å². The summed E-state index contributed by atoms with van der Waals surface area (Å²) in [5.74, 6) is 0.999. The van der Waals surface area contributed by atoms with Crippen LogP contribution in [0.15, 0.2) is 42.5 Å². The zero-order valence-electron chi connectivity index (χ0n) is 13.4. The summed E-state index contributed by atoms with van der Waals surface area (Å²) in [6.45, 7) is 2.77. The first-order chi connectivity index (χ1) is 11.6. The quantitative estimate of drug-likeness (QED) is 0.760. The summed E-state index contributed by atoms with van der Waals surface area (Å²) in [6.07, 6.45) is 1.50. The Bertz CT molecular complexity index is 932. The highest BCUT2D eigenvalue weighted by Gasteiger charge is 2.27. The van der Waals surface area contributed by atoms with E-state index in [2.05, 4.69) is 20.9 Å². The molecule has 1 N–H and O–H groups in total. The van der Waals surface area contributed by atoms with Gasteiger partial charge in [0.25, 0.3) is 0 Å². The number of nitrogens with one attached hydrogen (secondary N) is 1. The van der Waals surface area contributed by atoms with Crippen LogP contribution < -0.4 is 5.32 Å². The number of hydrogen-bond donors (Lipinski definition) is 1. The Hall–Kier alpha value is -2.33. The number of amides is 1. The number of imidazole rings is 1. The molecule has 1 aliphatic heterocycles. The van der Waals surface area contributed by atoms with Gasteiger partial charge in [-0.15, -0.1) is 0 Å². The molecule has 0 saturated carbocycles. The van der Waals surface area contributed by atoms with E-state index in [1.807, 2.05) is 37.3 Å². The van der Waals surface area contributed by atoms with Gasteiger partial charge in [0.2, 0.25) is 5.91 Å². The molecule has 2 heterocycles. The van der Waals surface area contributed by atoms with Crippen LogP contribution in [-0.4, -0.2) is 15.5 Å². The normalized spacial score (nSPS) is 16.8. The van der Waals surface area contributed by atoms with Gasteiger partial charge in [0.15, 0.2) is 0 Å². The summed E-state index contributed by atoms with van der Waals surface area (Å²) in [5.41, 5.74) is 3.95. The highest BCUT2D eigenvalue weighted by atomic mass is 35.5. The molecule has 4 rings (SSSR count). The lowest BCUT2D eigenvalue weighted by Crippen LogP contribution is -2.30. The van der Waals surface area contributed by atoms with Gasteiger partial charge in [0.05, 0.1) is 11.0 Å². The van der Waals surface area contributed by atoms with Crippen molar-refractivity contribution in [3.8, 4) is 0 Å². The number of rotatable bonds is 2. The minimum absolute atomic E-state index is 0.0515. The Morgan fingerprint density at radius 3 is 2.96 bits per heavy atom. The molecule has 0 saturated heterocycles. The van der Waals surface area contributed by atoms with Gasteiger partial charge in [-0.05, 0) is 49.2 Å². The second kappa shape index (κ2) is 5.95. The van der Waals surface area contributed by atoms with Crippen LogP contribution >= 0.6 is 11.6 Å². The predicted octanol–water partition coefficient (Wildman–Crippen LogP) is 4.20. The van der Waals surface area contributed by atoms with E-state index in [0.29, 0.717) is 11.4 Å². The average Bonchev–Trinajstić information content (AvgIpc) is 2.95. The molecule has 0 radical (unpaired) electrons. The number of nitrogens with zero attached hydrogens (tertiary/aromatic N) is 2. The van der Waals surface area contributed by atoms with E-state index in [1.54, 1.807) is 6.07 Å². The average molecular weight is 340 g/mol. The smallest absolute Gasteiger partial charge is 0.228 e. The van der Waals surface area contributed by atoms with Gasteiger partial charge in [0.1, 0.15) is 5.82 Å². The minimum atomic E-state index is -0.0515. The Morgan fingerprint density at radius 2 is 2.12 bits per heavy atom. The molecular formula is C19H18ClN3O. The van der Waals surface area contributed by atoms with Gasteiger partial charge >= 0.3 is 0 Å². The van der Waals surface area contributed by atoms with Crippen molar-refractivity contribution >= 4 is 34.2 Å². The Kier molecular flexibility index (Phi) is 3.77. The van der Waals surface area contributed by atoms with Crippen LogP contribution in [0, 0.1) is 12.8 Å². The number of benzene rings is 2. The van der Waals surface area contributed by atoms with Crippen molar-refractivity contribution in [1.82, 2.24) is 9.55 Å². The number of hydrogen-bond acceptors (Lipinski definition) is 2. The van der Waals surface area contributed by atoms with Crippen molar-refractivity contribution in [1.29, 1.82) is 0 Å². The third kappa shape index (κ3) is 2.67. The fourth-order valence-corrected chi connectivity index (χ4v) is 3.59. The van der Waals surface area contributed by atoms with Crippen LogP contribution in [0.4, 0.5) is 5.69 Å². The van der Waals surface area contributed by atoms with Crippen molar-refractivity contribution in [2.75, 3.05) is 5.32 Å². The lowest BCUT2D eigenvalue weighted by atomic mass is 9.96. The zero-order chi connectivity index (χ0) is 16.7. The minimum Gasteiger partial charge on any atom is -0.328 e. The van der Waals surface area contributed by atoms with Gasteiger partial charge in [-0.2, -0.15) is 0 Å². The molecule has 1 atom stereocenters. The second-order valence-electron chi connectivity index (χ2n) is 6.31. The largest absolute Gasteiger partial charge is 0.328 e. The van der Waals surface area contributed by atoms with Crippen molar-refractivity contribution in [2.45, 2.75) is 26.3 Å². The highest BCUT2D eigenvalue weighted by molar-refractivity contribution is 6.30. The summed E-state index contributed by atoms with van der Waals surface area (Å²) in [6, 6.07) is 13.6. The molecule has 0 aliphatic carbocycles. The number of fused-ring (bicyclic) bond motifs is 3. The first-order valence-electron chi connectivity index (χ1n) is 8.13. The molecule has 1 amide bonds. The number of para-hydroxylation sites is 2. The lowest BCUT2D eigenvalue weighted by Gasteiger charge is -2.23. The number of carbonyl (C=O) groups excluding carboxylic acids is 1. The highest BCUT2D eigenvalue weighted by Crippen LogP contribution is 2.27. The number of aromatic nitrogens is 2. The van der Waals surface area contributed by atoms with E-state index < -0.39 is 0 Å². The number of halogens is 1. The van der Waals surface area contributed by atoms with Crippen LogP contribution in [0.1, 0.15) is 17.8 Å². The van der Waals surface area contributed by atoms with Gasteiger partial charge in [-0.25, -0.2) is 4.98 Å². The fraction of sp³-hybridized carbons (Fsp3) is 0.263. The Morgan fingerprint density at radius 1 is 1.29 bits per heavy atom. The summed E-state index contributed by atoms with van der Waals surface area (Å²) in [7, 11) is 0. The maximum Gasteiger partial charge on any atom is 0.228 e. The Balaban J connectivity index is 1.54. The summed E-state index contributed by atoms with van der Waals surface area (Å²) < 4.78 is 2.23. The molecule has 1 unspecified atom stereocenters. The first-order valence-corrected chi connectivity index (χ1v) is 8.51. The third-order valence-corrected chi connectivity index (χ3v) is 4.92. The molecule has 4 nitrogen and oxygen atoms in total. The molecule has 2 aromatic carbocycles. The molecule has 24 heavy (non-hydrogen) atoms. The fourth-order valence-electron chi connectivity index (χ4n) is 3.36. The lowest BCUT2D eigenvalue weighted by molar-refractivity contribution is -0.120. The standard InChI is InChI=1S/C19H18ClN3O/c1-12-10-14(20)6-7-15(12)22-19(24)13-8-9-23-17-5-3-2-4-16(17)21-18(23)11-13/h2-7,10,13H,8-9,11H2,1H3,(H,22,24). The van der Waals surface area contributed by atoms with Crippen molar-refractivity contribution in [3.63, 3.8) is 0 Å². The molecule has 1 aliphatic rings. The van der Waals surface area contributed by atoms with E-state index >= 15 is 0 Å².